The Kier molecular flexibility index (Phi) is 5.91. The number of carboxylic acids is 1. The number of anilines is 2. The summed E-state index contributed by atoms with van der Waals surface area (Å²) < 4.78 is 39.5. The van der Waals surface area contributed by atoms with Gasteiger partial charge in [-0.3, -0.25) is 14.5 Å². The maximum Gasteiger partial charge on any atom is 0.416 e. The van der Waals surface area contributed by atoms with Crippen LogP contribution in [0.15, 0.2) is 96.2 Å². The summed E-state index contributed by atoms with van der Waals surface area (Å²) in [6, 6.07) is 21.4. The number of hydrogen-bond acceptors (Lipinski definition) is 3. The number of hydrogen-bond donors (Lipinski definition) is 2. The van der Waals surface area contributed by atoms with E-state index in [1.165, 1.54) is 17.0 Å². The summed E-state index contributed by atoms with van der Waals surface area (Å²) in [6.45, 7) is 0. The topological polar surface area (TPSA) is 69.6 Å². The second kappa shape index (κ2) is 8.82. The maximum atomic E-state index is 13.6. The van der Waals surface area contributed by atoms with Crippen LogP contribution < -0.4 is 10.2 Å². The van der Waals surface area contributed by atoms with E-state index in [1.54, 1.807) is 60.7 Å². The Bertz CT molecular complexity index is 1210. The van der Waals surface area contributed by atoms with Gasteiger partial charge in [0.15, 0.2) is 0 Å². The number of nitrogens with one attached hydrogen (secondary N) is 1. The number of rotatable bonds is 6. The molecule has 33 heavy (non-hydrogen) atoms. The van der Waals surface area contributed by atoms with Crippen molar-refractivity contribution in [3.05, 3.63) is 107 Å². The molecule has 0 unspecified atom stereocenters. The number of halogens is 3. The molecule has 0 spiro atoms. The summed E-state index contributed by atoms with van der Waals surface area (Å²) in [7, 11) is 0. The molecule has 1 aliphatic heterocycles. The molecule has 168 valence electrons. The first-order valence-corrected chi connectivity index (χ1v) is 10.1. The van der Waals surface area contributed by atoms with Gasteiger partial charge in [-0.05, 0) is 41.5 Å². The lowest BCUT2D eigenvalue weighted by atomic mass is 9.96. The average Bonchev–Trinajstić information content (AvgIpc) is 3.05. The highest BCUT2D eigenvalue weighted by Gasteiger charge is 2.42. The lowest BCUT2D eigenvalue weighted by Gasteiger charge is -2.27. The van der Waals surface area contributed by atoms with Gasteiger partial charge < -0.3 is 10.4 Å². The fraction of sp³-hybridized carbons (Fsp3) is 0.120. The summed E-state index contributed by atoms with van der Waals surface area (Å²) in [6.07, 6.45) is -5.02. The van der Waals surface area contributed by atoms with E-state index in [0.717, 1.165) is 12.1 Å². The third-order valence-electron chi connectivity index (χ3n) is 5.29. The average molecular weight is 452 g/mol. The third kappa shape index (κ3) is 4.59. The molecular weight excluding hydrogens is 433 g/mol. The first-order valence-electron chi connectivity index (χ1n) is 10.1. The van der Waals surface area contributed by atoms with E-state index in [2.05, 4.69) is 5.32 Å². The molecule has 5 nitrogen and oxygen atoms in total. The second-order valence-corrected chi connectivity index (χ2v) is 7.50. The van der Waals surface area contributed by atoms with Crippen LogP contribution in [0.4, 0.5) is 24.5 Å². The maximum absolute atomic E-state index is 13.6. The van der Waals surface area contributed by atoms with Gasteiger partial charge in [0.1, 0.15) is 5.70 Å². The molecule has 1 aliphatic rings. The Morgan fingerprint density at radius 1 is 0.939 bits per heavy atom. The molecule has 0 fully saturated rings. The van der Waals surface area contributed by atoms with Crippen molar-refractivity contribution >= 4 is 23.3 Å². The van der Waals surface area contributed by atoms with E-state index < -0.39 is 36.1 Å². The standard InChI is InChI=1S/C25H19F3N2O3/c26-25(27,28)17-10-7-11-18(14-17)29-22-20(15-21(31)32)23(16-8-3-1-4-9-16)30(24(22)33)19-12-5-2-6-13-19/h1-14,23,29H,15H2,(H,31,32)/t23-/m0/s1. The molecule has 0 aliphatic carbocycles. The van der Waals surface area contributed by atoms with Crippen molar-refractivity contribution in [2.75, 3.05) is 10.2 Å². The highest BCUT2D eigenvalue weighted by Crippen LogP contribution is 2.43. The van der Waals surface area contributed by atoms with Crippen molar-refractivity contribution in [3.8, 4) is 0 Å². The Balaban J connectivity index is 1.85. The smallest absolute Gasteiger partial charge is 0.416 e. The lowest BCUT2D eigenvalue weighted by Crippen LogP contribution is -2.31. The lowest BCUT2D eigenvalue weighted by molar-refractivity contribution is -0.138. The zero-order chi connectivity index (χ0) is 23.6. The first kappa shape index (κ1) is 22.1. The molecule has 1 atom stereocenters. The van der Waals surface area contributed by atoms with Crippen molar-refractivity contribution in [2.45, 2.75) is 18.6 Å². The first-order chi connectivity index (χ1) is 15.8. The van der Waals surface area contributed by atoms with Gasteiger partial charge in [0.25, 0.3) is 5.91 Å². The molecule has 2 N–H and O–H groups in total. The van der Waals surface area contributed by atoms with Crippen LogP contribution in [0.25, 0.3) is 0 Å². The van der Waals surface area contributed by atoms with Crippen LogP contribution in [0.5, 0.6) is 0 Å². The minimum absolute atomic E-state index is 0.0396. The predicted octanol–water partition coefficient (Wildman–Crippen LogP) is 5.63. The Hall–Kier alpha value is -4.07. The van der Waals surface area contributed by atoms with E-state index in [4.69, 9.17) is 0 Å². The molecular formula is C25H19F3N2O3. The number of nitrogens with zero attached hydrogens (tertiary/aromatic N) is 1. The zero-order valence-electron chi connectivity index (χ0n) is 17.2. The number of benzene rings is 3. The number of carbonyl (C=O) groups is 2. The van der Waals surface area contributed by atoms with Crippen LogP contribution in [-0.2, 0) is 15.8 Å². The van der Waals surface area contributed by atoms with Crippen molar-refractivity contribution in [3.63, 3.8) is 0 Å². The molecule has 3 aromatic carbocycles. The van der Waals surface area contributed by atoms with Gasteiger partial charge in [-0.1, -0.05) is 54.6 Å². The molecule has 0 saturated carbocycles. The SMILES string of the molecule is O=C(O)CC1=C(Nc2cccc(C(F)(F)F)c2)C(=O)N(c2ccccc2)[C@H]1c1ccccc1. The van der Waals surface area contributed by atoms with Crippen LogP contribution in [0.2, 0.25) is 0 Å². The van der Waals surface area contributed by atoms with E-state index in [-0.39, 0.29) is 17.0 Å². The van der Waals surface area contributed by atoms with Crippen molar-refractivity contribution in [1.29, 1.82) is 0 Å². The number of carboxylic acid groups (broad SMARTS) is 1. The Morgan fingerprint density at radius 2 is 1.58 bits per heavy atom. The van der Waals surface area contributed by atoms with E-state index in [9.17, 15) is 27.9 Å². The molecule has 0 saturated heterocycles. The van der Waals surface area contributed by atoms with E-state index >= 15 is 0 Å². The van der Waals surface area contributed by atoms with Crippen LogP contribution >= 0.6 is 0 Å². The highest BCUT2D eigenvalue weighted by molar-refractivity contribution is 6.12. The summed E-state index contributed by atoms with van der Waals surface area (Å²) in [5.74, 6) is -1.68. The van der Waals surface area contributed by atoms with Crippen molar-refractivity contribution < 1.29 is 27.9 Å². The fourth-order valence-corrected chi connectivity index (χ4v) is 3.91. The van der Waals surface area contributed by atoms with E-state index in [0.29, 0.717) is 11.3 Å². The minimum Gasteiger partial charge on any atom is -0.481 e. The van der Waals surface area contributed by atoms with Crippen molar-refractivity contribution in [2.24, 2.45) is 0 Å². The number of aliphatic carboxylic acids is 1. The summed E-state index contributed by atoms with van der Waals surface area (Å²) >= 11 is 0. The molecule has 0 bridgehead atoms. The van der Waals surface area contributed by atoms with Gasteiger partial charge in [-0.25, -0.2) is 0 Å². The molecule has 0 aromatic heterocycles. The van der Waals surface area contributed by atoms with Gasteiger partial charge in [0, 0.05) is 11.4 Å². The predicted molar refractivity (Wildman–Crippen MR) is 117 cm³/mol. The van der Waals surface area contributed by atoms with Gasteiger partial charge in [0.2, 0.25) is 0 Å². The number of para-hydroxylation sites is 1. The molecule has 0 radical (unpaired) electrons. The molecule has 1 amide bonds. The van der Waals surface area contributed by atoms with E-state index in [1.807, 2.05) is 0 Å². The summed E-state index contributed by atoms with van der Waals surface area (Å²) in [4.78, 5) is 26.7. The van der Waals surface area contributed by atoms with Crippen LogP contribution in [0.1, 0.15) is 23.6 Å². The summed E-state index contributed by atoms with van der Waals surface area (Å²) in [5, 5.41) is 12.4. The Morgan fingerprint density at radius 3 is 2.18 bits per heavy atom. The van der Waals surface area contributed by atoms with Gasteiger partial charge >= 0.3 is 12.1 Å². The Labute approximate surface area is 187 Å². The van der Waals surface area contributed by atoms with Crippen LogP contribution in [-0.4, -0.2) is 17.0 Å². The fourth-order valence-electron chi connectivity index (χ4n) is 3.91. The third-order valence-corrected chi connectivity index (χ3v) is 5.29. The largest absolute Gasteiger partial charge is 0.481 e. The molecule has 1 heterocycles. The number of amides is 1. The van der Waals surface area contributed by atoms with Crippen molar-refractivity contribution in [1.82, 2.24) is 0 Å². The van der Waals surface area contributed by atoms with Crippen LogP contribution in [0, 0.1) is 0 Å². The zero-order valence-corrected chi connectivity index (χ0v) is 17.2. The summed E-state index contributed by atoms with van der Waals surface area (Å²) in [5.41, 5.74) is 0.608. The minimum atomic E-state index is -4.56. The van der Waals surface area contributed by atoms with Gasteiger partial charge in [-0.2, -0.15) is 13.2 Å². The molecule has 8 heteroatoms. The van der Waals surface area contributed by atoms with Gasteiger partial charge in [-0.15, -0.1) is 0 Å². The number of carbonyl (C=O) groups excluding carboxylic acids is 1. The molecule has 4 rings (SSSR count). The van der Waals surface area contributed by atoms with Crippen LogP contribution in [0.3, 0.4) is 0 Å². The quantitative estimate of drug-likeness (QED) is 0.508. The monoisotopic (exact) mass is 452 g/mol. The number of alkyl halides is 3. The molecule has 3 aromatic rings. The second-order valence-electron chi connectivity index (χ2n) is 7.50. The highest BCUT2D eigenvalue weighted by atomic mass is 19.4. The van der Waals surface area contributed by atoms with Gasteiger partial charge in [0.05, 0.1) is 18.0 Å². The normalized spacial score (nSPS) is 16.3.